The van der Waals surface area contributed by atoms with Gasteiger partial charge in [-0.15, -0.1) is 0 Å². The molecule has 0 saturated carbocycles. The minimum atomic E-state index is -4.50. The molecule has 112 valence electrons. The Kier molecular flexibility index (Phi) is 3.47. The van der Waals surface area contributed by atoms with Crippen molar-refractivity contribution in [3.8, 4) is 17.9 Å². The fourth-order valence-corrected chi connectivity index (χ4v) is 1.94. The van der Waals surface area contributed by atoms with Crippen molar-refractivity contribution in [2.24, 2.45) is 0 Å². The number of aromatic nitrogens is 3. The predicted molar refractivity (Wildman–Crippen MR) is 75.1 cm³/mol. The third-order valence-corrected chi connectivity index (χ3v) is 2.99. The SMILES string of the molecule is N#Cc1cnc2ccc(C#Cc3cccc(C(F)(F)F)n3)cn12. The van der Waals surface area contributed by atoms with E-state index in [1.165, 1.54) is 18.3 Å². The van der Waals surface area contributed by atoms with Gasteiger partial charge < -0.3 is 0 Å². The third kappa shape index (κ3) is 2.99. The van der Waals surface area contributed by atoms with E-state index in [1.54, 1.807) is 22.7 Å². The van der Waals surface area contributed by atoms with Crippen molar-refractivity contribution in [2.75, 3.05) is 0 Å². The summed E-state index contributed by atoms with van der Waals surface area (Å²) in [6.07, 6.45) is -1.47. The Hall–Kier alpha value is -3.32. The van der Waals surface area contributed by atoms with Gasteiger partial charge in [0.15, 0.2) is 0 Å². The standard InChI is InChI=1S/C16H7F3N4/c17-16(18,19)14-3-1-2-12(22-14)6-4-11-5-7-15-21-9-13(8-20)23(15)10-11/h1-3,5,7,9-10H. The van der Waals surface area contributed by atoms with E-state index in [-0.39, 0.29) is 5.69 Å². The molecule has 0 amide bonds. The predicted octanol–water partition coefficient (Wildman–Crippen LogP) is 3.02. The molecule has 0 spiro atoms. The van der Waals surface area contributed by atoms with Crippen molar-refractivity contribution in [3.05, 3.63) is 65.4 Å². The molecule has 3 aromatic rings. The van der Waals surface area contributed by atoms with Gasteiger partial charge in [-0.1, -0.05) is 12.0 Å². The summed E-state index contributed by atoms with van der Waals surface area (Å²) in [6.45, 7) is 0. The number of hydrogen-bond donors (Lipinski definition) is 0. The van der Waals surface area contributed by atoms with Gasteiger partial charge in [-0.25, -0.2) is 9.97 Å². The number of hydrogen-bond acceptors (Lipinski definition) is 3. The normalized spacial score (nSPS) is 10.9. The van der Waals surface area contributed by atoms with Crippen LogP contribution in [0.25, 0.3) is 5.65 Å². The molecule has 0 aliphatic rings. The number of imidazole rings is 1. The Balaban J connectivity index is 1.97. The lowest BCUT2D eigenvalue weighted by Gasteiger charge is -2.04. The second-order valence-corrected chi connectivity index (χ2v) is 4.56. The summed E-state index contributed by atoms with van der Waals surface area (Å²) < 4.78 is 39.4. The lowest BCUT2D eigenvalue weighted by atomic mass is 10.2. The molecule has 0 aliphatic heterocycles. The Labute approximate surface area is 128 Å². The molecule has 0 aliphatic carbocycles. The van der Waals surface area contributed by atoms with Gasteiger partial charge in [0.2, 0.25) is 0 Å². The third-order valence-electron chi connectivity index (χ3n) is 2.99. The molecule has 0 fully saturated rings. The second-order valence-electron chi connectivity index (χ2n) is 4.56. The zero-order valence-corrected chi connectivity index (χ0v) is 11.5. The highest BCUT2D eigenvalue weighted by molar-refractivity contribution is 5.49. The highest BCUT2D eigenvalue weighted by Gasteiger charge is 2.32. The Morgan fingerprint density at radius 1 is 1.09 bits per heavy atom. The molecule has 3 rings (SSSR count). The van der Waals surface area contributed by atoms with Gasteiger partial charge in [0.25, 0.3) is 0 Å². The lowest BCUT2D eigenvalue weighted by Crippen LogP contribution is -2.08. The first-order valence-electron chi connectivity index (χ1n) is 6.41. The highest BCUT2D eigenvalue weighted by atomic mass is 19.4. The first-order chi connectivity index (χ1) is 11.0. The number of pyridine rings is 2. The smallest absolute Gasteiger partial charge is 0.290 e. The molecular formula is C16H7F3N4. The Bertz CT molecular complexity index is 984. The highest BCUT2D eigenvalue weighted by Crippen LogP contribution is 2.27. The number of rotatable bonds is 0. The minimum absolute atomic E-state index is 0.0195. The van der Waals surface area contributed by atoms with E-state index >= 15 is 0 Å². The van der Waals surface area contributed by atoms with Gasteiger partial charge in [0, 0.05) is 11.8 Å². The molecule has 7 heteroatoms. The van der Waals surface area contributed by atoms with Crippen LogP contribution in [0.4, 0.5) is 13.2 Å². The van der Waals surface area contributed by atoms with Crippen molar-refractivity contribution >= 4 is 5.65 Å². The van der Waals surface area contributed by atoms with Crippen LogP contribution in [0.15, 0.2) is 42.7 Å². The van der Waals surface area contributed by atoms with Crippen LogP contribution in [0.3, 0.4) is 0 Å². The van der Waals surface area contributed by atoms with E-state index in [2.05, 4.69) is 21.8 Å². The van der Waals surface area contributed by atoms with Crippen LogP contribution < -0.4 is 0 Å². The largest absolute Gasteiger partial charge is 0.433 e. The van der Waals surface area contributed by atoms with E-state index in [4.69, 9.17) is 5.26 Å². The van der Waals surface area contributed by atoms with Gasteiger partial charge in [0.05, 0.1) is 6.20 Å². The van der Waals surface area contributed by atoms with Gasteiger partial charge in [-0.3, -0.25) is 4.40 Å². The minimum Gasteiger partial charge on any atom is -0.290 e. The summed E-state index contributed by atoms with van der Waals surface area (Å²) in [6, 6.07) is 8.88. The maximum absolute atomic E-state index is 12.6. The van der Waals surface area contributed by atoms with E-state index in [1.807, 2.05) is 6.07 Å². The molecule has 0 N–H and O–H groups in total. The van der Waals surface area contributed by atoms with Crippen LogP contribution >= 0.6 is 0 Å². The van der Waals surface area contributed by atoms with Crippen molar-refractivity contribution in [3.63, 3.8) is 0 Å². The molecule has 3 heterocycles. The molecular weight excluding hydrogens is 305 g/mol. The molecule has 0 saturated heterocycles. The van der Waals surface area contributed by atoms with Crippen molar-refractivity contribution in [2.45, 2.75) is 6.18 Å². The summed E-state index contributed by atoms with van der Waals surface area (Å²) in [5.74, 6) is 5.33. The molecule has 0 unspecified atom stereocenters. The van der Waals surface area contributed by atoms with Crippen LogP contribution in [-0.2, 0) is 6.18 Å². The van der Waals surface area contributed by atoms with Gasteiger partial charge in [0.1, 0.15) is 28.8 Å². The van der Waals surface area contributed by atoms with Crippen LogP contribution in [-0.4, -0.2) is 14.4 Å². The number of nitrogens with zero attached hydrogens (tertiary/aromatic N) is 4. The lowest BCUT2D eigenvalue weighted by molar-refractivity contribution is -0.141. The average molecular weight is 312 g/mol. The monoisotopic (exact) mass is 312 g/mol. The van der Waals surface area contributed by atoms with Gasteiger partial charge >= 0.3 is 6.18 Å². The quantitative estimate of drug-likeness (QED) is 0.600. The first kappa shape index (κ1) is 14.6. The summed E-state index contributed by atoms with van der Waals surface area (Å²) in [5, 5.41) is 8.97. The van der Waals surface area contributed by atoms with Crippen LogP contribution in [0.1, 0.15) is 22.6 Å². The van der Waals surface area contributed by atoms with Gasteiger partial charge in [-0.05, 0) is 30.2 Å². The zero-order valence-electron chi connectivity index (χ0n) is 11.5. The van der Waals surface area contributed by atoms with Crippen molar-refractivity contribution < 1.29 is 13.2 Å². The number of fused-ring (bicyclic) bond motifs is 1. The maximum Gasteiger partial charge on any atom is 0.433 e. The summed E-state index contributed by atoms with van der Waals surface area (Å²) >= 11 is 0. The fraction of sp³-hybridized carbons (Fsp3) is 0.0625. The second kappa shape index (κ2) is 5.47. The average Bonchev–Trinajstić information content (AvgIpc) is 2.94. The van der Waals surface area contributed by atoms with Crippen molar-refractivity contribution in [1.29, 1.82) is 5.26 Å². The maximum atomic E-state index is 12.6. The zero-order chi connectivity index (χ0) is 16.4. The van der Waals surface area contributed by atoms with Crippen LogP contribution in [0.5, 0.6) is 0 Å². The van der Waals surface area contributed by atoms with Crippen LogP contribution in [0, 0.1) is 23.2 Å². The van der Waals surface area contributed by atoms with E-state index in [0.717, 1.165) is 6.07 Å². The summed E-state index contributed by atoms with van der Waals surface area (Å²) in [4.78, 5) is 7.52. The summed E-state index contributed by atoms with van der Waals surface area (Å²) in [5.41, 5.74) is 0.503. The number of halogens is 3. The molecule has 0 radical (unpaired) electrons. The van der Waals surface area contributed by atoms with Gasteiger partial charge in [-0.2, -0.15) is 18.4 Å². The number of alkyl halides is 3. The molecule has 0 atom stereocenters. The Morgan fingerprint density at radius 3 is 2.65 bits per heavy atom. The van der Waals surface area contributed by atoms with E-state index in [9.17, 15) is 13.2 Å². The Morgan fingerprint density at radius 2 is 1.91 bits per heavy atom. The summed E-state index contributed by atoms with van der Waals surface area (Å²) in [7, 11) is 0. The molecule has 23 heavy (non-hydrogen) atoms. The van der Waals surface area contributed by atoms with E-state index < -0.39 is 11.9 Å². The number of nitriles is 1. The first-order valence-corrected chi connectivity index (χ1v) is 6.41. The molecule has 3 aromatic heterocycles. The fourth-order valence-electron chi connectivity index (χ4n) is 1.94. The molecule has 4 nitrogen and oxygen atoms in total. The topological polar surface area (TPSA) is 54.0 Å². The van der Waals surface area contributed by atoms with E-state index in [0.29, 0.717) is 16.9 Å². The van der Waals surface area contributed by atoms with Crippen LogP contribution in [0.2, 0.25) is 0 Å². The molecule has 0 aromatic carbocycles. The van der Waals surface area contributed by atoms with Crippen molar-refractivity contribution in [1.82, 2.24) is 14.4 Å². The molecule has 0 bridgehead atoms.